The SMILES string of the molecule is COc1cc(Cl)ccc1NCC#Cc1cc2c(N[C@H]3CC[C@@H](N4CCOCC4)CC3)cccc2n1CC(F)(F)F. The molecule has 0 atom stereocenters. The maximum Gasteiger partial charge on any atom is 0.406 e. The van der Waals surface area contributed by atoms with Crippen LogP contribution in [0.5, 0.6) is 5.75 Å². The van der Waals surface area contributed by atoms with Crippen molar-refractivity contribution in [3.8, 4) is 17.6 Å². The molecular weight excluding hydrogens is 541 g/mol. The molecule has 0 amide bonds. The summed E-state index contributed by atoms with van der Waals surface area (Å²) >= 11 is 6.02. The number of halogens is 4. The zero-order valence-electron chi connectivity index (χ0n) is 22.5. The third-order valence-corrected chi connectivity index (χ3v) is 7.88. The van der Waals surface area contributed by atoms with Crippen molar-refractivity contribution in [1.29, 1.82) is 0 Å². The van der Waals surface area contributed by atoms with Crippen LogP contribution >= 0.6 is 11.6 Å². The van der Waals surface area contributed by atoms with Crippen molar-refractivity contribution in [2.45, 2.75) is 50.5 Å². The van der Waals surface area contributed by atoms with Crippen molar-refractivity contribution in [2.24, 2.45) is 0 Å². The number of benzene rings is 2. The summed E-state index contributed by atoms with van der Waals surface area (Å²) in [5, 5.41) is 8.07. The summed E-state index contributed by atoms with van der Waals surface area (Å²) in [6.45, 7) is 2.69. The van der Waals surface area contributed by atoms with Crippen molar-refractivity contribution in [3.63, 3.8) is 0 Å². The van der Waals surface area contributed by atoms with Crippen LogP contribution in [0.2, 0.25) is 5.02 Å². The number of aromatic nitrogens is 1. The van der Waals surface area contributed by atoms with E-state index in [2.05, 4.69) is 27.4 Å². The lowest BCUT2D eigenvalue weighted by Crippen LogP contribution is -2.46. The van der Waals surface area contributed by atoms with Crippen LogP contribution in [0, 0.1) is 11.8 Å². The Balaban J connectivity index is 1.32. The van der Waals surface area contributed by atoms with E-state index in [4.69, 9.17) is 21.1 Å². The average molecular weight is 575 g/mol. The fourth-order valence-corrected chi connectivity index (χ4v) is 5.86. The van der Waals surface area contributed by atoms with Crippen molar-refractivity contribution in [3.05, 3.63) is 53.2 Å². The lowest BCUT2D eigenvalue weighted by Gasteiger charge is -2.39. The van der Waals surface area contributed by atoms with Gasteiger partial charge in [-0.15, -0.1) is 0 Å². The Morgan fingerprint density at radius 2 is 1.82 bits per heavy atom. The van der Waals surface area contributed by atoms with Gasteiger partial charge < -0.3 is 24.7 Å². The van der Waals surface area contributed by atoms with Gasteiger partial charge in [-0.2, -0.15) is 13.2 Å². The molecule has 1 saturated carbocycles. The number of rotatable bonds is 7. The monoisotopic (exact) mass is 574 g/mol. The van der Waals surface area contributed by atoms with E-state index >= 15 is 0 Å². The first-order chi connectivity index (χ1) is 19.3. The smallest absolute Gasteiger partial charge is 0.406 e. The molecule has 0 bridgehead atoms. The first-order valence-electron chi connectivity index (χ1n) is 13.6. The molecule has 2 N–H and O–H groups in total. The molecule has 1 saturated heterocycles. The molecule has 1 aromatic heterocycles. The summed E-state index contributed by atoms with van der Waals surface area (Å²) < 4.78 is 52.8. The van der Waals surface area contributed by atoms with Gasteiger partial charge in [0, 0.05) is 47.3 Å². The Hall–Kier alpha value is -3.06. The molecule has 1 aliphatic carbocycles. The van der Waals surface area contributed by atoms with Gasteiger partial charge >= 0.3 is 6.18 Å². The molecule has 2 aromatic carbocycles. The molecule has 214 valence electrons. The summed E-state index contributed by atoms with van der Waals surface area (Å²) in [5.41, 5.74) is 2.38. The Morgan fingerprint density at radius 3 is 2.55 bits per heavy atom. The summed E-state index contributed by atoms with van der Waals surface area (Å²) in [4.78, 5) is 2.53. The third kappa shape index (κ3) is 6.98. The number of nitrogens with one attached hydrogen (secondary N) is 2. The third-order valence-electron chi connectivity index (χ3n) is 7.65. The maximum atomic E-state index is 13.6. The Labute approximate surface area is 237 Å². The van der Waals surface area contributed by atoms with E-state index in [1.54, 1.807) is 37.4 Å². The Morgan fingerprint density at radius 1 is 1.05 bits per heavy atom. The minimum absolute atomic E-state index is 0.225. The first kappa shape index (κ1) is 28.5. The number of hydrogen-bond acceptors (Lipinski definition) is 5. The molecule has 2 fully saturated rings. The molecule has 0 spiro atoms. The highest BCUT2D eigenvalue weighted by Crippen LogP contribution is 2.33. The van der Waals surface area contributed by atoms with Gasteiger partial charge in [0.15, 0.2) is 0 Å². The van der Waals surface area contributed by atoms with Gasteiger partial charge in [0.05, 0.1) is 43.8 Å². The van der Waals surface area contributed by atoms with Crippen molar-refractivity contribution >= 4 is 33.9 Å². The molecule has 0 radical (unpaired) electrons. The predicted molar refractivity (Wildman–Crippen MR) is 153 cm³/mol. The minimum atomic E-state index is -4.38. The molecule has 1 aliphatic heterocycles. The molecule has 10 heteroatoms. The number of methoxy groups -OCH3 is 1. The second kappa shape index (κ2) is 12.6. The van der Waals surface area contributed by atoms with Gasteiger partial charge in [0.1, 0.15) is 12.3 Å². The second-order valence-electron chi connectivity index (χ2n) is 10.3. The number of alkyl halides is 3. The zero-order valence-corrected chi connectivity index (χ0v) is 23.2. The highest BCUT2D eigenvalue weighted by Gasteiger charge is 2.30. The summed E-state index contributed by atoms with van der Waals surface area (Å²) in [6, 6.07) is 13.3. The van der Waals surface area contributed by atoms with Crippen LogP contribution in [0.1, 0.15) is 31.4 Å². The number of hydrogen-bond donors (Lipinski definition) is 2. The highest BCUT2D eigenvalue weighted by molar-refractivity contribution is 6.30. The maximum absolute atomic E-state index is 13.6. The average Bonchev–Trinajstić information content (AvgIpc) is 3.29. The number of nitrogens with zero attached hydrogens (tertiary/aromatic N) is 2. The number of fused-ring (bicyclic) bond motifs is 1. The first-order valence-corrected chi connectivity index (χ1v) is 14.0. The molecule has 6 nitrogen and oxygen atoms in total. The highest BCUT2D eigenvalue weighted by atomic mass is 35.5. The molecule has 2 aliphatic rings. The van der Waals surface area contributed by atoms with Gasteiger partial charge in [-0.25, -0.2) is 0 Å². The van der Waals surface area contributed by atoms with Crippen LogP contribution in [-0.4, -0.2) is 67.7 Å². The minimum Gasteiger partial charge on any atom is -0.495 e. The molecule has 3 aromatic rings. The van der Waals surface area contributed by atoms with E-state index in [9.17, 15) is 13.2 Å². The van der Waals surface area contributed by atoms with E-state index in [1.165, 1.54) is 4.57 Å². The second-order valence-corrected chi connectivity index (χ2v) is 10.7. The Kier molecular flexibility index (Phi) is 8.99. The lowest BCUT2D eigenvalue weighted by atomic mass is 9.89. The molecule has 2 heterocycles. The van der Waals surface area contributed by atoms with Gasteiger partial charge in [-0.05, 0) is 61.9 Å². The van der Waals surface area contributed by atoms with Crippen molar-refractivity contribution in [1.82, 2.24) is 9.47 Å². The van der Waals surface area contributed by atoms with Crippen LogP contribution in [-0.2, 0) is 11.3 Å². The van der Waals surface area contributed by atoms with Crippen molar-refractivity contribution in [2.75, 3.05) is 50.6 Å². The molecular formula is C30H34ClF3N4O2. The number of anilines is 2. The topological polar surface area (TPSA) is 50.7 Å². The van der Waals surface area contributed by atoms with Crippen LogP contribution in [0.15, 0.2) is 42.5 Å². The van der Waals surface area contributed by atoms with Gasteiger partial charge in [-0.3, -0.25) is 4.90 Å². The van der Waals surface area contributed by atoms with Gasteiger partial charge in [0.2, 0.25) is 0 Å². The summed E-state index contributed by atoms with van der Waals surface area (Å²) in [5.74, 6) is 6.49. The van der Waals surface area contributed by atoms with E-state index < -0.39 is 12.7 Å². The quantitative estimate of drug-likeness (QED) is 0.321. The fourth-order valence-electron chi connectivity index (χ4n) is 5.70. The fraction of sp³-hybridized carbons (Fsp3) is 0.467. The lowest BCUT2D eigenvalue weighted by molar-refractivity contribution is -0.140. The van der Waals surface area contributed by atoms with Crippen LogP contribution in [0.4, 0.5) is 24.5 Å². The van der Waals surface area contributed by atoms with Gasteiger partial charge in [0.25, 0.3) is 0 Å². The standard InChI is InChI=1S/C30H34ClF3N4O2/c1-39-29-18-21(31)7-12-27(29)35-13-3-4-24-19-25-26(5-2-6-28(25)38(24)20-30(32,33)34)36-22-8-10-23(11-9-22)37-14-16-40-17-15-37/h2,5-7,12,18-19,22-23,35-36H,8-11,13-17,20H2,1H3/t22-,23+. The van der Waals surface area contributed by atoms with Crippen molar-refractivity contribution < 1.29 is 22.6 Å². The Bertz CT molecular complexity index is 1370. The van der Waals surface area contributed by atoms with E-state index in [0.717, 1.165) is 63.1 Å². The normalized spacial score (nSPS) is 20.1. The van der Waals surface area contributed by atoms with E-state index in [0.29, 0.717) is 33.7 Å². The molecule has 40 heavy (non-hydrogen) atoms. The zero-order chi connectivity index (χ0) is 28.1. The molecule has 5 rings (SSSR count). The van der Waals surface area contributed by atoms with E-state index in [1.807, 2.05) is 12.1 Å². The van der Waals surface area contributed by atoms with Crippen LogP contribution < -0.4 is 15.4 Å². The number of morpholine rings is 1. The summed E-state index contributed by atoms with van der Waals surface area (Å²) in [6.07, 6.45) is -0.128. The number of ether oxygens (including phenoxy) is 2. The predicted octanol–water partition coefficient (Wildman–Crippen LogP) is 6.38. The summed E-state index contributed by atoms with van der Waals surface area (Å²) in [7, 11) is 1.54. The van der Waals surface area contributed by atoms with Crippen LogP contribution in [0.3, 0.4) is 0 Å². The van der Waals surface area contributed by atoms with E-state index in [-0.39, 0.29) is 12.6 Å². The molecule has 0 unspecified atom stereocenters. The largest absolute Gasteiger partial charge is 0.495 e. The van der Waals surface area contributed by atoms with Gasteiger partial charge in [-0.1, -0.05) is 23.6 Å². The van der Waals surface area contributed by atoms with Crippen LogP contribution in [0.25, 0.3) is 10.9 Å².